The zero-order chi connectivity index (χ0) is 12.6. The summed E-state index contributed by atoms with van der Waals surface area (Å²) in [7, 11) is 0. The summed E-state index contributed by atoms with van der Waals surface area (Å²) >= 11 is 3.53. The van der Waals surface area contributed by atoms with Gasteiger partial charge in [0.05, 0.1) is 0 Å². The Morgan fingerprint density at radius 2 is 2.12 bits per heavy atom. The molecule has 17 heavy (non-hydrogen) atoms. The molecule has 1 aromatic carbocycles. The van der Waals surface area contributed by atoms with Crippen molar-refractivity contribution in [1.29, 1.82) is 0 Å². The molecular weight excluding hydrogens is 276 g/mol. The van der Waals surface area contributed by atoms with Crippen LogP contribution in [-0.2, 0) is 0 Å². The fourth-order valence-corrected chi connectivity index (χ4v) is 3.29. The Morgan fingerprint density at radius 3 is 2.71 bits per heavy atom. The van der Waals surface area contributed by atoms with Crippen LogP contribution in [0.2, 0.25) is 0 Å². The van der Waals surface area contributed by atoms with Gasteiger partial charge in [-0.3, -0.25) is 0 Å². The molecule has 0 bridgehead atoms. The number of nitrogens with zero attached hydrogens (tertiary/aromatic N) is 1. The van der Waals surface area contributed by atoms with Crippen LogP contribution >= 0.6 is 15.9 Å². The molecule has 1 N–H and O–H groups in total. The van der Waals surface area contributed by atoms with Gasteiger partial charge in [-0.25, -0.2) is 0 Å². The average Bonchev–Trinajstić information content (AvgIpc) is 2.20. The fourth-order valence-electron chi connectivity index (χ4n) is 2.81. The molecule has 0 radical (unpaired) electrons. The molecule has 1 aromatic rings. The lowest BCUT2D eigenvalue weighted by Crippen LogP contribution is -2.62. The zero-order valence-corrected chi connectivity index (χ0v) is 12.6. The van der Waals surface area contributed by atoms with E-state index in [-0.39, 0.29) is 5.54 Å². The van der Waals surface area contributed by atoms with E-state index in [0.29, 0.717) is 6.04 Å². The third kappa shape index (κ3) is 2.50. The van der Waals surface area contributed by atoms with E-state index in [1.165, 1.54) is 11.3 Å². The van der Waals surface area contributed by atoms with Gasteiger partial charge in [0.1, 0.15) is 0 Å². The van der Waals surface area contributed by atoms with Gasteiger partial charge in [-0.1, -0.05) is 15.9 Å². The molecule has 1 saturated heterocycles. The Balaban J connectivity index is 2.42. The Labute approximate surface area is 113 Å². The molecular formula is C14H21BrN2. The van der Waals surface area contributed by atoms with Crippen molar-refractivity contribution in [1.82, 2.24) is 5.32 Å². The number of rotatable bonds is 1. The number of nitrogens with one attached hydrogen (secondary N) is 1. The second kappa shape index (κ2) is 4.62. The van der Waals surface area contributed by atoms with Crippen LogP contribution in [0.4, 0.5) is 5.69 Å². The average molecular weight is 297 g/mol. The van der Waals surface area contributed by atoms with E-state index in [2.05, 4.69) is 72.0 Å². The van der Waals surface area contributed by atoms with Gasteiger partial charge in [0, 0.05) is 34.8 Å². The molecule has 1 aliphatic heterocycles. The molecule has 3 heteroatoms. The van der Waals surface area contributed by atoms with Gasteiger partial charge in [0.2, 0.25) is 0 Å². The zero-order valence-electron chi connectivity index (χ0n) is 11.0. The molecule has 2 nitrogen and oxygen atoms in total. The highest BCUT2D eigenvalue weighted by atomic mass is 79.9. The SMILES string of the molecule is Cc1cc(Br)ccc1N1C(C)CNCC1(C)C. The van der Waals surface area contributed by atoms with Crippen LogP contribution in [0.25, 0.3) is 0 Å². The number of halogens is 1. The first-order valence-corrected chi connectivity index (χ1v) is 6.97. The Morgan fingerprint density at radius 1 is 1.41 bits per heavy atom. The van der Waals surface area contributed by atoms with Crippen LogP contribution in [0, 0.1) is 6.92 Å². The lowest BCUT2D eigenvalue weighted by atomic mass is 9.94. The van der Waals surface area contributed by atoms with Crippen LogP contribution in [0.3, 0.4) is 0 Å². The first-order chi connectivity index (χ1) is 7.92. The van der Waals surface area contributed by atoms with E-state index in [1.807, 2.05) is 0 Å². The number of anilines is 1. The molecule has 0 aliphatic carbocycles. The Hall–Kier alpha value is -0.540. The van der Waals surface area contributed by atoms with Crippen molar-refractivity contribution >= 4 is 21.6 Å². The van der Waals surface area contributed by atoms with Crippen LogP contribution in [0.5, 0.6) is 0 Å². The summed E-state index contributed by atoms with van der Waals surface area (Å²) in [5, 5.41) is 3.50. The monoisotopic (exact) mass is 296 g/mol. The summed E-state index contributed by atoms with van der Waals surface area (Å²) in [5.41, 5.74) is 2.85. The maximum absolute atomic E-state index is 3.53. The summed E-state index contributed by atoms with van der Waals surface area (Å²) in [5.74, 6) is 0. The third-order valence-corrected chi connectivity index (χ3v) is 4.00. The topological polar surface area (TPSA) is 15.3 Å². The molecule has 1 heterocycles. The number of hydrogen-bond acceptors (Lipinski definition) is 2. The first-order valence-electron chi connectivity index (χ1n) is 6.18. The lowest BCUT2D eigenvalue weighted by Gasteiger charge is -2.49. The summed E-state index contributed by atoms with van der Waals surface area (Å²) in [6.45, 7) is 11.2. The Bertz CT molecular complexity index is 415. The quantitative estimate of drug-likeness (QED) is 0.855. The lowest BCUT2D eigenvalue weighted by molar-refractivity contribution is 0.333. The van der Waals surface area contributed by atoms with Gasteiger partial charge in [-0.05, 0) is 51.5 Å². The van der Waals surface area contributed by atoms with E-state index < -0.39 is 0 Å². The van der Waals surface area contributed by atoms with Crippen LogP contribution in [-0.4, -0.2) is 24.7 Å². The molecule has 1 atom stereocenters. The highest BCUT2D eigenvalue weighted by molar-refractivity contribution is 9.10. The third-order valence-electron chi connectivity index (χ3n) is 3.51. The van der Waals surface area contributed by atoms with Gasteiger partial charge in [-0.15, -0.1) is 0 Å². The van der Waals surface area contributed by atoms with Crippen molar-refractivity contribution in [3.63, 3.8) is 0 Å². The minimum absolute atomic E-state index is 0.163. The van der Waals surface area contributed by atoms with Gasteiger partial charge in [0.15, 0.2) is 0 Å². The highest BCUT2D eigenvalue weighted by Gasteiger charge is 2.34. The molecule has 1 aliphatic rings. The molecule has 0 aromatic heterocycles. The highest BCUT2D eigenvalue weighted by Crippen LogP contribution is 2.32. The smallest absolute Gasteiger partial charge is 0.0473 e. The van der Waals surface area contributed by atoms with E-state index >= 15 is 0 Å². The second-order valence-electron chi connectivity index (χ2n) is 5.59. The number of benzene rings is 1. The van der Waals surface area contributed by atoms with Crippen LogP contribution in [0.15, 0.2) is 22.7 Å². The van der Waals surface area contributed by atoms with E-state index in [4.69, 9.17) is 0 Å². The van der Waals surface area contributed by atoms with Crippen molar-refractivity contribution < 1.29 is 0 Å². The molecule has 94 valence electrons. The minimum Gasteiger partial charge on any atom is -0.361 e. The van der Waals surface area contributed by atoms with Gasteiger partial charge < -0.3 is 10.2 Å². The fraction of sp³-hybridized carbons (Fsp3) is 0.571. The largest absolute Gasteiger partial charge is 0.361 e. The molecule has 0 saturated carbocycles. The van der Waals surface area contributed by atoms with Crippen molar-refractivity contribution in [2.75, 3.05) is 18.0 Å². The molecule has 1 fully saturated rings. The molecule has 0 spiro atoms. The van der Waals surface area contributed by atoms with Crippen molar-refractivity contribution in [2.45, 2.75) is 39.3 Å². The number of aryl methyl sites for hydroxylation is 1. The van der Waals surface area contributed by atoms with E-state index in [9.17, 15) is 0 Å². The maximum atomic E-state index is 3.53. The number of piperazine rings is 1. The molecule has 1 unspecified atom stereocenters. The summed E-state index contributed by atoms with van der Waals surface area (Å²) in [6.07, 6.45) is 0. The second-order valence-corrected chi connectivity index (χ2v) is 6.51. The van der Waals surface area contributed by atoms with Crippen LogP contribution < -0.4 is 10.2 Å². The van der Waals surface area contributed by atoms with Crippen molar-refractivity contribution in [3.05, 3.63) is 28.2 Å². The summed E-state index contributed by atoms with van der Waals surface area (Å²) in [4.78, 5) is 2.55. The summed E-state index contributed by atoms with van der Waals surface area (Å²) < 4.78 is 1.15. The maximum Gasteiger partial charge on any atom is 0.0473 e. The molecule has 2 rings (SSSR count). The predicted octanol–water partition coefficient (Wildman–Crippen LogP) is 3.33. The van der Waals surface area contributed by atoms with Crippen molar-refractivity contribution in [3.8, 4) is 0 Å². The van der Waals surface area contributed by atoms with E-state index in [1.54, 1.807) is 0 Å². The first kappa shape index (κ1) is 12.9. The normalized spacial score (nSPS) is 23.8. The van der Waals surface area contributed by atoms with Crippen LogP contribution in [0.1, 0.15) is 26.3 Å². The standard InChI is InChI=1S/C14H21BrN2/c1-10-7-12(15)5-6-13(10)17-11(2)8-16-9-14(17,3)4/h5-7,11,16H,8-9H2,1-4H3. The molecule has 0 amide bonds. The predicted molar refractivity (Wildman–Crippen MR) is 77.8 cm³/mol. The van der Waals surface area contributed by atoms with Crippen molar-refractivity contribution in [2.24, 2.45) is 0 Å². The number of hydrogen-bond donors (Lipinski definition) is 1. The minimum atomic E-state index is 0.163. The van der Waals surface area contributed by atoms with Gasteiger partial charge >= 0.3 is 0 Å². The van der Waals surface area contributed by atoms with Gasteiger partial charge in [0.25, 0.3) is 0 Å². The Kier molecular flexibility index (Phi) is 3.50. The summed E-state index contributed by atoms with van der Waals surface area (Å²) in [6, 6.07) is 7.08. The van der Waals surface area contributed by atoms with Gasteiger partial charge in [-0.2, -0.15) is 0 Å². The van der Waals surface area contributed by atoms with E-state index in [0.717, 1.165) is 17.6 Å².